The Hall–Kier alpha value is -1.13. The maximum Gasteiger partial charge on any atom is 0.134 e. The second kappa shape index (κ2) is 6.16. The summed E-state index contributed by atoms with van der Waals surface area (Å²) >= 11 is 0. The number of hydrogen-bond donors (Lipinski definition) is 1. The van der Waals surface area contributed by atoms with E-state index in [2.05, 4.69) is 9.88 Å². The van der Waals surface area contributed by atoms with Gasteiger partial charge in [-0.25, -0.2) is 4.98 Å². The molecule has 1 saturated heterocycles. The summed E-state index contributed by atoms with van der Waals surface area (Å²) in [5.74, 6) is 0.900. The number of aromatic nitrogens is 1. The van der Waals surface area contributed by atoms with Crippen LogP contribution >= 0.6 is 0 Å². The number of piperidine rings is 1. The quantitative estimate of drug-likeness (QED) is 0.889. The Kier molecular flexibility index (Phi) is 4.55. The van der Waals surface area contributed by atoms with Gasteiger partial charge in [-0.05, 0) is 32.8 Å². The Bertz CT molecular complexity index is 380. The molecule has 0 amide bonds. The van der Waals surface area contributed by atoms with Crippen LogP contribution in [0.25, 0.3) is 0 Å². The molecule has 1 N–H and O–H groups in total. The van der Waals surface area contributed by atoms with Crippen molar-refractivity contribution in [3.8, 4) is 0 Å². The molecular formula is C14H22N2O2. The molecular weight excluding hydrogens is 228 g/mol. The van der Waals surface area contributed by atoms with Crippen LogP contribution in [0.2, 0.25) is 0 Å². The van der Waals surface area contributed by atoms with E-state index in [9.17, 15) is 5.11 Å². The average molecular weight is 250 g/mol. The first-order valence-electron chi connectivity index (χ1n) is 6.72. The fourth-order valence-corrected chi connectivity index (χ4v) is 2.50. The highest BCUT2D eigenvalue weighted by Crippen LogP contribution is 2.26. The van der Waals surface area contributed by atoms with Gasteiger partial charge in [-0.1, -0.05) is 6.07 Å². The van der Waals surface area contributed by atoms with Crippen LogP contribution in [0.5, 0.6) is 0 Å². The Morgan fingerprint density at radius 3 is 3.17 bits per heavy atom. The lowest BCUT2D eigenvalue weighted by molar-refractivity contribution is 0.0523. The molecule has 2 atom stereocenters. The first kappa shape index (κ1) is 13.3. The number of hydrogen-bond acceptors (Lipinski definition) is 4. The number of aliphatic hydroxyl groups is 1. The summed E-state index contributed by atoms with van der Waals surface area (Å²) in [7, 11) is 0. The zero-order valence-corrected chi connectivity index (χ0v) is 11.2. The third-order valence-corrected chi connectivity index (χ3v) is 3.35. The average Bonchev–Trinajstić information content (AvgIpc) is 2.39. The van der Waals surface area contributed by atoms with E-state index in [4.69, 9.17) is 4.74 Å². The molecule has 1 fully saturated rings. The lowest BCUT2D eigenvalue weighted by Gasteiger charge is -2.34. The number of anilines is 1. The van der Waals surface area contributed by atoms with E-state index in [0.717, 1.165) is 43.9 Å². The Morgan fingerprint density at radius 2 is 2.44 bits per heavy atom. The van der Waals surface area contributed by atoms with Gasteiger partial charge in [-0.3, -0.25) is 0 Å². The van der Waals surface area contributed by atoms with Gasteiger partial charge in [0.05, 0.1) is 12.2 Å². The lowest BCUT2D eigenvalue weighted by atomic mass is 10.1. The van der Waals surface area contributed by atoms with Gasteiger partial charge in [0.25, 0.3) is 0 Å². The summed E-state index contributed by atoms with van der Waals surface area (Å²) in [6.45, 7) is 6.42. The maximum absolute atomic E-state index is 9.81. The molecule has 0 bridgehead atoms. The summed E-state index contributed by atoms with van der Waals surface area (Å²) in [6, 6.07) is 3.81. The van der Waals surface area contributed by atoms with E-state index in [1.807, 2.05) is 19.1 Å². The Balaban J connectivity index is 2.15. The van der Waals surface area contributed by atoms with Crippen LogP contribution in [-0.4, -0.2) is 35.9 Å². The molecule has 1 aliphatic rings. The molecule has 0 aromatic carbocycles. The highest BCUT2D eigenvalue weighted by Gasteiger charge is 2.23. The molecule has 0 saturated carbocycles. The van der Waals surface area contributed by atoms with Crippen LogP contribution in [0, 0.1) is 0 Å². The van der Waals surface area contributed by atoms with Crippen molar-refractivity contribution in [2.24, 2.45) is 0 Å². The predicted octanol–water partition coefficient (Wildman–Crippen LogP) is 2.14. The van der Waals surface area contributed by atoms with Crippen molar-refractivity contribution in [1.82, 2.24) is 4.98 Å². The summed E-state index contributed by atoms with van der Waals surface area (Å²) in [6.07, 6.45) is 3.81. The topological polar surface area (TPSA) is 45.6 Å². The fraction of sp³-hybridized carbons (Fsp3) is 0.643. The van der Waals surface area contributed by atoms with Gasteiger partial charge < -0.3 is 14.7 Å². The predicted molar refractivity (Wildman–Crippen MR) is 71.7 cm³/mol. The highest BCUT2D eigenvalue weighted by atomic mass is 16.5. The summed E-state index contributed by atoms with van der Waals surface area (Å²) in [5, 5.41) is 9.81. The molecule has 4 nitrogen and oxygen atoms in total. The van der Waals surface area contributed by atoms with Gasteiger partial charge in [-0.2, -0.15) is 0 Å². The second-order valence-electron chi connectivity index (χ2n) is 4.76. The molecule has 1 aliphatic heterocycles. The molecule has 2 unspecified atom stereocenters. The molecule has 0 spiro atoms. The van der Waals surface area contributed by atoms with Crippen LogP contribution < -0.4 is 4.90 Å². The van der Waals surface area contributed by atoms with E-state index in [0.29, 0.717) is 0 Å². The summed E-state index contributed by atoms with van der Waals surface area (Å²) < 4.78 is 5.70. The zero-order chi connectivity index (χ0) is 13.0. The van der Waals surface area contributed by atoms with Crippen LogP contribution in [0.1, 0.15) is 38.4 Å². The van der Waals surface area contributed by atoms with Crippen molar-refractivity contribution in [2.45, 2.75) is 38.9 Å². The highest BCUT2D eigenvalue weighted by molar-refractivity contribution is 5.48. The number of rotatable bonds is 4. The number of aliphatic hydroxyl groups excluding tert-OH is 1. The van der Waals surface area contributed by atoms with Crippen LogP contribution in [0.4, 0.5) is 5.82 Å². The van der Waals surface area contributed by atoms with Crippen LogP contribution in [0.15, 0.2) is 18.3 Å². The van der Waals surface area contributed by atoms with E-state index < -0.39 is 6.10 Å². The maximum atomic E-state index is 9.81. The standard InChI is InChI=1S/C14H22N2O2/c1-3-18-12-6-5-9-16(10-12)14-13(11(2)17)7-4-8-15-14/h4,7-8,11-12,17H,3,5-6,9-10H2,1-2H3. The van der Waals surface area contributed by atoms with Crippen molar-refractivity contribution >= 4 is 5.82 Å². The van der Waals surface area contributed by atoms with Gasteiger partial charge in [0.1, 0.15) is 5.82 Å². The first-order valence-corrected chi connectivity index (χ1v) is 6.72. The largest absolute Gasteiger partial charge is 0.389 e. The van der Waals surface area contributed by atoms with Gasteiger partial charge in [-0.15, -0.1) is 0 Å². The summed E-state index contributed by atoms with van der Waals surface area (Å²) in [5.41, 5.74) is 0.898. The first-order chi connectivity index (χ1) is 8.72. The minimum atomic E-state index is -0.485. The van der Waals surface area contributed by atoms with E-state index in [1.54, 1.807) is 13.1 Å². The van der Waals surface area contributed by atoms with Crippen molar-refractivity contribution < 1.29 is 9.84 Å². The van der Waals surface area contributed by atoms with Crippen LogP contribution in [-0.2, 0) is 4.74 Å². The van der Waals surface area contributed by atoms with Gasteiger partial charge in [0.2, 0.25) is 0 Å². The number of pyridine rings is 1. The van der Waals surface area contributed by atoms with E-state index in [-0.39, 0.29) is 6.10 Å². The molecule has 1 aromatic rings. The van der Waals surface area contributed by atoms with Gasteiger partial charge in [0, 0.05) is 31.5 Å². The molecule has 18 heavy (non-hydrogen) atoms. The van der Waals surface area contributed by atoms with Crippen molar-refractivity contribution in [3.63, 3.8) is 0 Å². The molecule has 100 valence electrons. The van der Waals surface area contributed by atoms with Crippen molar-refractivity contribution in [2.75, 3.05) is 24.6 Å². The van der Waals surface area contributed by atoms with Gasteiger partial charge >= 0.3 is 0 Å². The monoisotopic (exact) mass is 250 g/mol. The minimum absolute atomic E-state index is 0.285. The fourth-order valence-electron chi connectivity index (χ4n) is 2.50. The van der Waals surface area contributed by atoms with Gasteiger partial charge in [0.15, 0.2) is 0 Å². The van der Waals surface area contributed by atoms with Crippen LogP contribution in [0.3, 0.4) is 0 Å². The lowest BCUT2D eigenvalue weighted by Crippen LogP contribution is -2.40. The second-order valence-corrected chi connectivity index (χ2v) is 4.76. The summed E-state index contributed by atoms with van der Waals surface area (Å²) in [4.78, 5) is 6.66. The molecule has 0 radical (unpaired) electrons. The molecule has 1 aromatic heterocycles. The normalized spacial score (nSPS) is 21.9. The minimum Gasteiger partial charge on any atom is -0.389 e. The van der Waals surface area contributed by atoms with E-state index in [1.165, 1.54) is 0 Å². The Labute approximate surface area is 109 Å². The number of nitrogens with zero attached hydrogens (tertiary/aromatic N) is 2. The van der Waals surface area contributed by atoms with Crippen molar-refractivity contribution in [1.29, 1.82) is 0 Å². The number of ether oxygens (including phenoxy) is 1. The Morgan fingerprint density at radius 1 is 1.61 bits per heavy atom. The molecule has 2 rings (SSSR count). The SMILES string of the molecule is CCOC1CCCN(c2ncccc2C(C)O)C1. The smallest absolute Gasteiger partial charge is 0.134 e. The third kappa shape index (κ3) is 3.00. The van der Waals surface area contributed by atoms with E-state index >= 15 is 0 Å². The zero-order valence-electron chi connectivity index (χ0n) is 11.2. The molecule has 0 aliphatic carbocycles. The molecule has 2 heterocycles. The van der Waals surface area contributed by atoms with Crippen molar-refractivity contribution in [3.05, 3.63) is 23.9 Å². The molecule has 4 heteroatoms. The third-order valence-electron chi connectivity index (χ3n) is 3.35.